The van der Waals surface area contributed by atoms with E-state index in [4.69, 9.17) is 16.3 Å². The highest BCUT2D eigenvalue weighted by Gasteiger charge is 2.30. The summed E-state index contributed by atoms with van der Waals surface area (Å²) >= 11 is 5.97. The van der Waals surface area contributed by atoms with Crippen molar-refractivity contribution in [2.45, 2.75) is 32.6 Å². The molecule has 1 aromatic heterocycles. The Balaban J connectivity index is 1.77. The lowest BCUT2D eigenvalue weighted by molar-refractivity contribution is 0.311. The standard InChI is InChI=1S/C13H19ClN4O/c1-2-19-13-16-11(14)15-12(17-13)18(7-9-3-4-9)8-10-5-6-10/h9-10H,2-8H2,1H3. The summed E-state index contributed by atoms with van der Waals surface area (Å²) in [5, 5.41) is 0.213. The van der Waals surface area contributed by atoms with Gasteiger partial charge >= 0.3 is 6.01 Å². The van der Waals surface area contributed by atoms with Crippen molar-refractivity contribution in [1.29, 1.82) is 0 Å². The summed E-state index contributed by atoms with van der Waals surface area (Å²) in [6, 6.07) is 0.328. The second-order valence-corrected chi connectivity index (χ2v) is 5.75. The van der Waals surface area contributed by atoms with Gasteiger partial charge in [0, 0.05) is 13.1 Å². The Morgan fingerprint density at radius 3 is 2.26 bits per heavy atom. The van der Waals surface area contributed by atoms with Crippen LogP contribution in [0.15, 0.2) is 0 Å². The smallest absolute Gasteiger partial charge is 0.322 e. The molecule has 2 fully saturated rings. The van der Waals surface area contributed by atoms with E-state index in [-0.39, 0.29) is 5.28 Å². The summed E-state index contributed by atoms with van der Waals surface area (Å²) in [5.74, 6) is 2.26. The fourth-order valence-electron chi connectivity index (χ4n) is 2.12. The molecule has 6 heteroatoms. The molecule has 5 nitrogen and oxygen atoms in total. The zero-order valence-electron chi connectivity index (χ0n) is 11.2. The fraction of sp³-hybridized carbons (Fsp3) is 0.769. The van der Waals surface area contributed by atoms with Crippen molar-refractivity contribution in [3.8, 4) is 6.01 Å². The molecule has 0 atom stereocenters. The van der Waals surface area contributed by atoms with Crippen LogP contribution in [-0.2, 0) is 0 Å². The number of aromatic nitrogens is 3. The number of nitrogens with zero attached hydrogens (tertiary/aromatic N) is 4. The van der Waals surface area contributed by atoms with E-state index in [9.17, 15) is 0 Å². The number of halogens is 1. The third-order valence-corrected chi connectivity index (χ3v) is 3.65. The lowest BCUT2D eigenvalue weighted by Gasteiger charge is -2.22. The maximum atomic E-state index is 5.97. The number of hydrogen-bond donors (Lipinski definition) is 0. The third-order valence-electron chi connectivity index (χ3n) is 3.48. The van der Waals surface area contributed by atoms with Gasteiger partial charge < -0.3 is 9.64 Å². The van der Waals surface area contributed by atoms with Crippen LogP contribution in [0.4, 0.5) is 5.95 Å². The average Bonchev–Trinajstić information content (AvgIpc) is 3.22. The molecule has 2 saturated carbocycles. The van der Waals surface area contributed by atoms with Crippen LogP contribution < -0.4 is 9.64 Å². The average molecular weight is 283 g/mol. The van der Waals surface area contributed by atoms with Crippen LogP contribution in [0.25, 0.3) is 0 Å². The Kier molecular flexibility index (Phi) is 3.73. The molecule has 19 heavy (non-hydrogen) atoms. The number of ether oxygens (including phenoxy) is 1. The molecule has 104 valence electrons. The second-order valence-electron chi connectivity index (χ2n) is 5.41. The highest BCUT2D eigenvalue weighted by molar-refractivity contribution is 6.28. The molecule has 0 unspecified atom stereocenters. The zero-order valence-corrected chi connectivity index (χ0v) is 11.9. The van der Waals surface area contributed by atoms with Gasteiger partial charge in [0.2, 0.25) is 11.2 Å². The predicted octanol–water partition coefficient (Wildman–Crippen LogP) is 2.55. The van der Waals surface area contributed by atoms with Gasteiger partial charge in [0.25, 0.3) is 0 Å². The van der Waals surface area contributed by atoms with Crippen LogP contribution in [0.1, 0.15) is 32.6 Å². The molecular formula is C13H19ClN4O. The highest BCUT2D eigenvalue weighted by atomic mass is 35.5. The van der Waals surface area contributed by atoms with Crippen LogP contribution >= 0.6 is 11.6 Å². The molecule has 1 heterocycles. The van der Waals surface area contributed by atoms with Gasteiger partial charge in [0.1, 0.15) is 0 Å². The van der Waals surface area contributed by atoms with E-state index >= 15 is 0 Å². The molecule has 3 rings (SSSR count). The molecule has 0 bridgehead atoms. The van der Waals surface area contributed by atoms with E-state index in [1.165, 1.54) is 25.7 Å². The van der Waals surface area contributed by atoms with Gasteiger partial charge in [-0.25, -0.2) is 0 Å². The largest absolute Gasteiger partial charge is 0.464 e. The second kappa shape index (κ2) is 5.49. The first-order valence-corrected chi connectivity index (χ1v) is 7.41. The quantitative estimate of drug-likeness (QED) is 0.769. The SMILES string of the molecule is CCOc1nc(Cl)nc(N(CC2CC2)CC2CC2)n1. The van der Waals surface area contributed by atoms with Crippen molar-refractivity contribution in [2.75, 3.05) is 24.6 Å². The fourth-order valence-corrected chi connectivity index (χ4v) is 2.27. The van der Waals surface area contributed by atoms with Crippen molar-refractivity contribution in [3.63, 3.8) is 0 Å². The molecule has 0 N–H and O–H groups in total. The molecule has 0 aromatic carbocycles. The lowest BCUT2D eigenvalue weighted by atomic mass is 10.3. The summed E-state index contributed by atoms with van der Waals surface area (Å²) in [5.41, 5.74) is 0. The minimum atomic E-state index is 0.213. The van der Waals surface area contributed by atoms with Crippen LogP contribution in [0.3, 0.4) is 0 Å². The van der Waals surface area contributed by atoms with E-state index in [0.29, 0.717) is 18.6 Å². The van der Waals surface area contributed by atoms with Gasteiger partial charge in [0.05, 0.1) is 6.61 Å². The first kappa shape index (κ1) is 12.9. The van der Waals surface area contributed by atoms with E-state index in [2.05, 4.69) is 19.9 Å². The molecule has 0 amide bonds. The Bertz CT molecular complexity index is 434. The van der Waals surface area contributed by atoms with Crippen molar-refractivity contribution >= 4 is 17.5 Å². The van der Waals surface area contributed by atoms with Crippen LogP contribution in [-0.4, -0.2) is 34.6 Å². The summed E-state index contributed by atoms with van der Waals surface area (Å²) in [6.07, 6.45) is 5.27. The van der Waals surface area contributed by atoms with Gasteiger partial charge in [-0.15, -0.1) is 0 Å². The molecule has 0 aliphatic heterocycles. The first-order valence-electron chi connectivity index (χ1n) is 7.04. The van der Waals surface area contributed by atoms with E-state index in [1.807, 2.05) is 6.92 Å². The summed E-state index contributed by atoms with van der Waals surface area (Å²) in [7, 11) is 0. The van der Waals surface area contributed by atoms with E-state index in [1.54, 1.807) is 0 Å². The molecule has 0 spiro atoms. The molecular weight excluding hydrogens is 264 g/mol. The van der Waals surface area contributed by atoms with Crippen molar-refractivity contribution in [2.24, 2.45) is 11.8 Å². The van der Waals surface area contributed by atoms with Gasteiger partial charge in [-0.05, 0) is 56.0 Å². The Morgan fingerprint density at radius 1 is 1.11 bits per heavy atom. The number of rotatable bonds is 7. The number of hydrogen-bond acceptors (Lipinski definition) is 5. The Hall–Kier alpha value is -1.10. The van der Waals surface area contributed by atoms with Crippen LogP contribution in [0.5, 0.6) is 6.01 Å². The normalized spacial score (nSPS) is 18.4. The van der Waals surface area contributed by atoms with Gasteiger partial charge in [-0.2, -0.15) is 15.0 Å². The first-order chi connectivity index (χ1) is 9.24. The topological polar surface area (TPSA) is 51.1 Å². The Labute approximate surface area is 118 Å². The molecule has 2 aliphatic carbocycles. The van der Waals surface area contributed by atoms with Crippen LogP contribution in [0.2, 0.25) is 5.28 Å². The molecule has 0 radical (unpaired) electrons. The lowest BCUT2D eigenvalue weighted by Crippen LogP contribution is -2.30. The van der Waals surface area contributed by atoms with Crippen molar-refractivity contribution < 1.29 is 4.74 Å². The molecule has 1 aromatic rings. The van der Waals surface area contributed by atoms with E-state index in [0.717, 1.165) is 24.9 Å². The highest BCUT2D eigenvalue weighted by Crippen LogP contribution is 2.35. The van der Waals surface area contributed by atoms with Gasteiger partial charge in [0.15, 0.2) is 0 Å². The van der Waals surface area contributed by atoms with E-state index < -0.39 is 0 Å². The maximum absolute atomic E-state index is 5.97. The summed E-state index contributed by atoms with van der Waals surface area (Å²) in [4.78, 5) is 14.9. The molecule has 0 saturated heterocycles. The van der Waals surface area contributed by atoms with Gasteiger partial charge in [-0.3, -0.25) is 0 Å². The Morgan fingerprint density at radius 2 is 1.74 bits per heavy atom. The predicted molar refractivity (Wildman–Crippen MR) is 73.7 cm³/mol. The van der Waals surface area contributed by atoms with Crippen LogP contribution in [0, 0.1) is 11.8 Å². The molecule has 2 aliphatic rings. The third kappa shape index (κ3) is 3.69. The summed E-state index contributed by atoms with van der Waals surface area (Å²) in [6.45, 7) is 4.50. The minimum Gasteiger partial charge on any atom is -0.464 e. The zero-order chi connectivity index (χ0) is 13.2. The van der Waals surface area contributed by atoms with Crippen molar-refractivity contribution in [3.05, 3.63) is 5.28 Å². The maximum Gasteiger partial charge on any atom is 0.322 e. The number of anilines is 1. The summed E-state index contributed by atoms with van der Waals surface area (Å²) < 4.78 is 5.35. The van der Waals surface area contributed by atoms with Crippen molar-refractivity contribution in [1.82, 2.24) is 15.0 Å². The van der Waals surface area contributed by atoms with Gasteiger partial charge in [-0.1, -0.05) is 0 Å². The monoisotopic (exact) mass is 282 g/mol. The minimum absolute atomic E-state index is 0.213.